The van der Waals surface area contributed by atoms with Crippen LogP contribution >= 0.6 is 0 Å². The van der Waals surface area contributed by atoms with Gasteiger partial charge in [0.15, 0.2) is 11.5 Å². The van der Waals surface area contributed by atoms with Crippen molar-refractivity contribution in [2.45, 2.75) is 37.1 Å². The number of carbonyl (C=O) groups is 2. The Morgan fingerprint density at radius 1 is 1.03 bits per heavy atom. The molecule has 37 heavy (non-hydrogen) atoms. The third-order valence-electron chi connectivity index (χ3n) is 5.78. The lowest BCUT2D eigenvalue weighted by Gasteiger charge is -2.41. The number of rotatable bonds is 8. The van der Waals surface area contributed by atoms with Crippen molar-refractivity contribution in [3.63, 3.8) is 0 Å². The van der Waals surface area contributed by atoms with Gasteiger partial charge in [-0.3, -0.25) is 14.4 Å². The van der Waals surface area contributed by atoms with Crippen LogP contribution in [0.4, 0.5) is 0 Å². The molecule has 1 aromatic heterocycles. The molecule has 3 aromatic rings. The van der Waals surface area contributed by atoms with Gasteiger partial charge in [0.05, 0.1) is 24.7 Å². The second-order valence-electron chi connectivity index (χ2n) is 8.21. The van der Waals surface area contributed by atoms with Crippen LogP contribution in [0.15, 0.2) is 57.9 Å². The zero-order chi connectivity index (χ0) is 26.7. The molecule has 0 unspecified atom stereocenters. The molecule has 5 atom stereocenters. The molecule has 0 amide bonds. The number of ether oxygens (including phenoxy) is 4. The Labute approximate surface area is 209 Å². The summed E-state index contributed by atoms with van der Waals surface area (Å²) in [7, 11) is 1.54. The lowest BCUT2D eigenvalue weighted by molar-refractivity contribution is -0.281. The van der Waals surface area contributed by atoms with E-state index in [2.05, 4.69) is 0 Å². The maximum absolute atomic E-state index is 13.0. The molecule has 0 bridgehead atoms. The van der Waals surface area contributed by atoms with Crippen LogP contribution in [0, 0.1) is 0 Å². The topological polar surface area (TPSA) is 182 Å². The zero-order valence-corrected chi connectivity index (χ0v) is 19.5. The Hall–Kier alpha value is -3.97. The summed E-state index contributed by atoms with van der Waals surface area (Å²) >= 11 is 0. The number of aliphatic carboxylic acids is 1. The Morgan fingerprint density at radius 2 is 1.73 bits per heavy atom. The van der Waals surface area contributed by atoms with Crippen molar-refractivity contribution in [1.82, 2.24) is 0 Å². The number of fused-ring (bicyclic) bond motifs is 1. The highest BCUT2D eigenvalue weighted by atomic mass is 16.7. The van der Waals surface area contributed by atoms with Crippen molar-refractivity contribution in [2.75, 3.05) is 13.7 Å². The summed E-state index contributed by atoms with van der Waals surface area (Å²) in [5, 5.41) is 39.5. The highest BCUT2D eigenvalue weighted by molar-refractivity contribution is 5.90. The predicted molar refractivity (Wildman–Crippen MR) is 125 cm³/mol. The van der Waals surface area contributed by atoms with Gasteiger partial charge in [-0.25, -0.2) is 0 Å². The molecule has 4 rings (SSSR count). The van der Waals surface area contributed by atoms with Crippen molar-refractivity contribution >= 4 is 22.9 Å². The van der Waals surface area contributed by atoms with Crippen LogP contribution in [0.25, 0.3) is 22.1 Å². The van der Waals surface area contributed by atoms with Gasteiger partial charge in [-0.05, 0) is 29.8 Å². The number of hydrogen-bond acceptors (Lipinski definition) is 11. The number of carboxylic acids is 1. The molecule has 1 saturated heterocycles. The summed E-state index contributed by atoms with van der Waals surface area (Å²) in [5.74, 6) is -1.87. The quantitative estimate of drug-likeness (QED) is 0.243. The Balaban J connectivity index is 1.52. The standard InChI is InChI=1S/C25H24O12/c1-33-13-4-2-12(3-5-13)16-11-34-17-8-14(6-7-15(17)21(16)30)35-25-23(32)22(31)24(18(10-26)36-25)37-20(29)9-19(27)28/h2-8,11,18,22-26,31-32H,9-10H2,1H3,(H,27,28)/t18-,22-,23-,24-,25-/m1/s1. The van der Waals surface area contributed by atoms with Crippen LogP contribution < -0.4 is 14.9 Å². The monoisotopic (exact) mass is 516 g/mol. The molecule has 2 heterocycles. The smallest absolute Gasteiger partial charge is 0.317 e. The molecule has 2 aromatic carbocycles. The van der Waals surface area contributed by atoms with Crippen molar-refractivity contribution in [3.8, 4) is 22.6 Å². The molecule has 12 nitrogen and oxygen atoms in total. The molecule has 0 spiro atoms. The van der Waals surface area contributed by atoms with Crippen molar-refractivity contribution in [3.05, 3.63) is 59.0 Å². The van der Waals surface area contributed by atoms with E-state index in [-0.39, 0.29) is 22.1 Å². The van der Waals surface area contributed by atoms with Crippen molar-refractivity contribution < 1.29 is 53.4 Å². The van der Waals surface area contributed by atoms with E-state index < -0.39 is 55.7 Å². The van der Waals surface area contributed by atoms with Crippen LogP contribution in [0.2, 0.25) is 0 Å². The summed E-state index contributed by atoms with van der Waals surface area (Å²) in [6.45, 7) is -0.727. The number of methoxy groups -OCH3 is 1. The summed E-state index contributed by atoms with van der Waals surface area (Å²) in [4.78, 5) is 35.4. The van der Waals surface area contributed by atoms with Crippen LogP contribution in [-0.4, -0.2) is 76.8 Å². The van der Waals surface area contributed by atoms with Gasteiger partial charge in [-0.15, -0.1) is 0 Å². The first-order valence-corrected chi connectivity index (χ1v) is 11.1. The predicted octanol–water partition coefficient (Wildman–Crippen LogP) is 0.673. The number of carboxylic acid groups (broad SMARTS) is 1. The van der Waals surface area contributed by atoms with Gasteiger partial charge < -0.3 is 43.8 Å². The largest absolute Gasteiger partial charge is 0.497 e. The zero-order valence-electron chi connectivity index (χ0n) is 19.5. The van der Waals surface area contributed by atoms with Crippen LogP contribution in [0.5, 0.6) is 11.5 Å². The molecule has 4 N–H and O–H groups in total. The summed E-state index contributed by atoms with van der Waals surface area (Å²) in [6.07, 6.45) is -7.48. The maximum Gasteiger partial charge on any atom is 0.317 e. The molecule has 196 valence electrons. The van der Waals surface area contributed by atoms with E-state index in [4.69, 9.17) is 28.5 Å². The second kappa shape index (κ2) is 11.0. The number of hydrogen-bond donors (Lipinski definition) is 4. The van der Waals surface area contributed by atoms with Gasteiger partial charge in [0, 0.05) is 6.07 Å². The van der Waals surface area contributed by atoms with E-state index in [9.17, 15) is 29.7 Å². The fraction of sp³-hybridized carbons (Fsp3) is 0.320. The third-order valence-corrected chi connectivity index (χ3v) is 5.78. The number of aliphatic hydroxyl groups excluding tert-OH is 3. The third kappa shape index (κ3) is 5.57. The second-order valence-corrected chi connectivity index (χ2v) is 8.21. The number of benzene rings is 2. The number of esters is 1. The minimum absolute atomic E-state index is 0.113. The minimum atomic E-state index is -1.75. The lowest BCUT2D eigenvalue weighted by atomic mass is 9.99. The van der Waals surface area contributed by atoms with Crippen molar-refractivity contribution in [1.29, 1.82) is 0 Å². The van der Waals surface area contributed by atoms with Gasteiger partial charge >= 0.3 is 11.9 Å². The average molecular weight is 516 g/mol. The highest BCUT2D eigenvalue weighted by Gasteiger charge is 2.47. The van der Waals surface area contributed by atoms with Gasteiger partial charge in [-0.2, -0.15) is 0 Å². The SMILES string of the molecule is COc1ccc(-c2coc3cc(O[C@@H]4O[C@H](CO)[C@@H](OC(=O)CC(=O)O)[C@H](O)[C@H]4O)ccc3c2=O)cc1. The van der Waals surface area contributed by atoms with E-state index in [0.717, 1.165) is 0 Å². The molecule has 0 radical (unpaired) electrons. The van der Waals surface area contributed by atoms with Crippen LogP contribution in [0.3, 0.4) is 0 Å². The van der Waals surface area contributed by atoms with E-state index in [0.29, 0.717) is 16.9 Å². The van der Waals surface area contributed by atoms with Crippen LogP contribution in [-0.2, 0) is 19.1 Å². The molecular formula is C25H24O12. The van der Waals surface area contributed by atoms with Gasteiger partial charge in [-0.1, -0.05) is 12.1 Å². The molecule has 1 aliphatic rings. The van der Waals surface area contributed by atoms with Gasteiger partial charge in [0.25, 0.3) is 0 Å². The van der Waals surface area contributed by atoms with E-state index >= 15 is 0 Å². The Kier molecular flexibility index (Phi) is 7.74. The average Bonchev–Trinajstić information content (AvgIpc) is 2.88. The maximum atomic E-state index is 13.0. The summed E-state index contributed by atoms with van der Waals surface area (Å²) in [5.41, 5.74) is 0.879. The lowest BCUT2D eigenvalue weighted by Crippen LogP contribution is -2.61. The van der Waals surface area contributed by atoms with E-state index in [1.807, 2.05) is 0 Å². The summed E-state index contributed by atoms with van der Waals surface area (Å²) in [6, 6.07) is 11.2. The molecular weight excluding hydrogens is 492 g/mol. The summed E-state index contributed by atoms with van der Waals surface area (Å²) < 4.78 is 26.7. The number of aliphatic hydroxyl groups is 3. The van der Waals surface area contributed by atoms with Crippen molar-refractivity contribution in [2.24, 2.45) is 0 Å². The van der Waals surface area contributed by atoms with Gasteiger partial charge in [0.1, 0.15) is 48.1 Å². The molecule has 1 aliphatic heterocycles. The molecule has 0 aliphatic carbocycles. The Bertz CT molecular complexity index is 1330. The molecule has 12 heteroatoms. The number of carbonyl (C=O) groups excluding carboxylic acids is 1. The fourth-order valence-corrected chi connectivity index (χ4v) is 3.90. The van der Waals surface area contributed by atoms with E-state index in [1.165, 1.54) is 31.6 Å². The molecule has 1 fully saturated rings. The normalized spacial score (nSPS) is 23.4. The first kappa shape index (κ1) is 26.1. The van der Waals surface area contributed by atoms with Gasteiger partial charge in [0.2, 0.25) is 6.29 Å². The van der Waals surface area contributed by atoms with Crippen LogP contribution in [0.1, 0.15) is 6.42 Å². The minimum Gasteiger partial charge on any atom is -0.497 e. The highest BCUT2D eigenvalue weighted by Crippen LogP contribution is 2.29. The first-order valence-electron chi connectivity index (χ1n) is 11.1. The first-order chi connectivity index (χ1) is 17.7. The van der Waals surface area contributed by atoms with E-state index in [1.54, 1.807) is 24.3 Å². The molecule has 0 saturated carbocycles. The Morgan fingerprint density at radius 3 is 2.38 bits per heavy atom. The fourth-order valence-electron chi connectivity index (χ4n) is 3.90.